The predicted octanol–water partition coefficient (Wildman–Crippen LogP) is 1.64. The van der Waals surface area contributed by atoms with E-state index >= 15 is 0 Å². The van der Waals surface area contributed by atoms with Crippen LogP contribution < -0.4 is 10.6 Å². The fraction of sp³-hybridized carbons (Fsp3) is 0.467. The molecule has 0 bridgehead atoms. The molecule has 0 aromatic carbocycles. The van der Waals surface area contributed by atoms with E-state index in [-0.39, 0.29) is 12.1 Å². The average molecular weight is 303 g/mol. The fourth-order valence-corrected chi connectivity index (χ4v) is 2.75. The molecular weight excluding hydrogens is 282 g/mol. The van der Waals surface area contributed by atoms with Crippen LogP contribution in [0.3, 0.4) is 0 Å². The summed E-state index contributed by atoms with van der Waals surface area (Å²) in [6, 6.07) is 5.58. The number of hydrogen-bond donors (Lipinski definition) is 3. The van der Waals surface area contributed by atoms with E-state index in [1.165, 1.54) is 12.8 Å². The number of hydrogen-bond acceptors (Lipinski definition) is 4. The highest BCUT2D eigenvalue weighted by Crippen LogP contribution is 2.24. The minimum absolute atomic E-state index is 0.0930. The number of urea groups is 1. The summed E-state index contributed by atoms with van der Waals surface area (Å²) in [6.45, 7) is 3.05. The van der Waals surface area contributed by atoms with Crippen LogP contribution in [0.1, 0.15) is 30.3 Å². The number of nitrogens with zero attached hydrogens (tertiary/aromatic N) is 2. The molecule has 1 unspecified atom stereocenters. The van der Waals surface area contributed by atoms with E-state index in [1.807, 2.05) is 18.2 Å². The number of nitrogens with one attached hydrogen (secondary N) is 3. The van der Waals surface area contributed by atoms with Gasteiger partial charge in [0.2, 0.25) is 0 Å². The molecule has 1 atom stereocenters. The summed E-state index contributed by atoms with van der Waals surface area (Å²) in [4.78, 5) is 14.3. The Kier molecular flexibility index (Phi) is 4.75. The van der Waals surface area contributed by atoms with Gasteiger partial charge in [-0.25, -0.2) is 4.79 Å². The molecule has 1 fully saturated rings. The van der Waals surface area contributed by atoms with E-state index in [0.717, 1.165) is 24.5 Å². The summed E-state index contributed by atoms with van der Waals surface area (Å²) >= 11 is 0. The van der Waals surface area contributed by atoms with E-state index < -0.39 is 0 Å². The molecule has 7 nitrogen and oxygen atoms in total. The van der Waals surface area contributed by atoms with Crippen molar-refractivity contribution >= 4 is 6.03 Å². The Morgan fingerprint density at radius 2 is 2.23 bits per heavy atom. The second-order valence-corrected chi connectivity index (χ2v) is 5.42. The number of carbonyl (C=O) groups excluding carboxylic acids is 1. The van der Waals surface area contributed by atoms with Crippen molar-refractivity contribution in [1.82, 2.24) is 25.7 Å². The van der Waals surface area contributed by atoms with Gasteiger partial charge in [0.25, 0.3) is 0 Å². The molecule has 2 aromatic heterocycles. The van der Waals surface area contributed by atoms with E-state index in [1.54, 1.807) is 12.5 Å². The van der Waals surface area contributed by atoms with Crippen LogP contribution in [-0.4, -0.2) is 40.8 Å². The van der Waals surface area contributed by atoms with Crippen molar-refractivity contribution in [2.45, 2.75) is 25.4 Å². The third-order valence-corrected chi connectivity index (χ3v) is 3.91. The summed E-state index contributed by atoms with van der Waals surface area (Å²) in [5.74, 6) is 0.899. The Bertz CT molecular complexity index is 561. The van der Waals surface area contributed by atoms with Gasteiger partial charge in [0, 0.05) is 12.7 Å². The zero-order valence-electron chi connectivity index (χ0n) is 12.4. The largest absolute Gasteiger partial charge is 0.468 e. The Labute approximate surface area is 129 Å². The van der Waals surface area contributed by atoms with Crippen LogP contribution in [0.2, 0.25) is 0 Å². The van der Waals surface area contributed by atoms with E-state index in [2.05, 4.69) is 25.7 Å². The molecule has 0 radical (unpaired) electrons. The second-order valence-electron chi connectivity index (χ2n) is 5.42. The molecule has 3 rings (SSSR count). The first-order valence-corrected chi connectivity index (χ1v) is 7.60. The zero-order chi connectivity index (χ0) is 15.2. The van der Waals surface area contributed by atoms with E-state index in [4.69, 9.17) is 4.42 Å². The number of aromatic amines is 1. The summed E-state index contributed by atoms with van der Waals surface area (Å²) in [5.41, 5.74) is 0.872. The summed E-state index contributed by atoms with van der Waals surface area (Å²) < 4.78 is 5.53. The highest BCUT2D eigenvalue weighted by molar-refractivity contribution is 5.73. The maximum absolute atomic E-state index is 11.9. The van der Waals surface area contributed by atoms with Crippen molar-refractivity contribution in [2.75, 3.05) is 19.6 Å². The lowest BCUT2D eigenvalue weighted by Gasteiger charge is -2.26. The van der Waals surface area contributed by atoms with Crippen LogP contribution in [0.5, 0.6) is 0 Å². The molecule has 2 amide bonds. The fourth-order valence-electron chi connectivity index (χ4n) is 2.75. The maximum Gasteiger partial charge on any atom is 0.315 e. The number of likely N-dealkylation sites (tertiary alicyclic amines) is 1. The van der Waals surface area contributed by atoms with Crippen molar-refractivity contribution in [2.24, 2.45) is 0 Å². The Hall–Kier alpha value is -2.28. The van der Waals surface area contributed by atoms with Crippen molar-refractivity contribution in [3.63, 3.8) is 0 Å². The number of rotatable bonds is 6. The molecule has 0 saturated carbocycles. The standard InChI is InChI=1S/C15H21N5O2/c21-15(16-10-12-5-6-18-19-12)17-11-13(14-4-3-9-22-14)20-7-1-2-8-20/h3-6,9,13H,1-2,7-8,10-11H2,(H,18,19)(H2,16,17,21). The van der Waals surface area contributed by atoms with Gasteiger partial charge in [-0.1, -0.05) is 0 Å². The Balaban J connectivity index is 1.51. The first-order chi connectivity index (χ1) is 10.8. The first-order valence-electron chi connectivity index (χ1n) is 7.60. The molecule has 3 N–H and O–H groups in total. The Morgan fingerprint density at radius 3 is 2.91 bits per heavy atom. The van der Waals surface area contributed by atoms with Crippen molar-refractivity contribution in [3.05, 3.63) is 42.1 Å². The van der Waals surface area contributed by atoms with Crippen molar-refractivity contribution in [3.8, 4) is 0 Å². The topological polar surface area (TPSA) is 86.2 Å². The SMILES string of the molecule is O=C(NCc1ccn[nH]1)NCC(c1ccco1)N1CCCC1. The van der Waals surface area contributed by atoms with Gasteiger partial charge in [0.1, 0.15) is 5.76 Å². The molecule has 22 heavy (non-hydrogen) atoms. The maximum atomic E-state index is 11.9. The highest BCUT2D eigenvalue weighted by atomic mass is 16.3. The number of carbonyl (C=O) groups is 1. The average Bonchev–Trinajstić information content (AvgIpc) is 3.27. The second kappa shape index (κ2) is 7.13. The van der Waals surface area contributed by atoms with Gasteiger partial charge >= 0.3 is 6.03 Å². The third-order valence-electron chi connectivity index (χ3n) is 3.91. The van der Waals surface area contributed by atoms with Gasteiger partial charge in [0.05, 0.1) is 24.5 Å². The monoisotopic (exact) mass is 303 g/mol. The van der Waals surface area contributed by atoms with E-state index in [9.17, 15) is 4.79 Å². The van der Waals surface area contributed by atoms with Crippen LogP contribution in [-0.2, 0) is 6.54 Å². The van der Waals surface area contributed by atoms with Crippen LogP contribution in [0.25, 0.3) is 0 Å². The molecular formula is C15H21N5O2. The molecule has 1 aliphatic heterocycles. The number of aromatic nitrogens is 2. The quantitative estimate of drug-likeness (QED) is 0.757. The lowest BCUT2D eigenvalue weighted by molar-refractivity contribution is 0.203. The normalized spacial score (nSPS) is 16.5. The summed E-state index contributed by atoms with van der Waals surface area (Å²) in [5, 5.41) is 12.4. The van der Waals surface area contributed by atoms with E-state index in [0.29, 0.717) is 13.1 Å². The molecule has 118 valence electrons. The molecule has 1 saturated heterocycles. The first kappa shape index (κ1) is 14.6. The van der Waals surface area contributed by atoms with Crippen LogP contribution >= 0.6 is 0 Å². The van der Waals surface area contributed by atoms with Crippen molar-refractivity contribution < 1.29 is 9.21 Å². The molecule has 2 aromatic rings. The predicted molar refractivity (Wildman–Crippen MR) is 81.1 cm³/mol. The number of amides is 2. The van der Waals surface area contributed by atoms with Gasteiger partial charge in [-0.05, 0) is 44.1 Å². The van der Waals surface area contributed by atoms with Crippen LogP contribution in [0, 0.1) is 0 Å². The smallest absolute Gasteiger partial charge is 0.315 e. The molecule has 0 spiro atoms. The van der Waals surface area contributed by atoms with Crippen LogP contribution in [0.4, 0.5) is 4.79 Å². The summed E-state index contributed by atoms with van der Waals surface area (Å²) in [6.07, 6.45) is 5.73. The minimum Gasteiger partial charge on any atom is -0.468 e. The van der Waals surface area contributed by atoms with Crippen LogP contribution in [0.15, 0.2) is 35.1 Å². The highest BCUT2D eigenvalue weighted by Gasteiger charge is 2.25. The van der Waals surface area contributed by atoms with Gasteiger partial charge in [-0.15, -0.1) is 0 Å². The number of H-pyrrole nitrogens is 1. The molecule has 0 aliphatic carbocycles. The van der Waals surface area contributed by atoms with Gasteiger partial charge in [-0.2, -0.15) is 5.10 Å². The molecule has 3 heterocycles. The number of furan rings is 1. The lowest BCUT2D eigenvalue weighted by Crippen LogP contribution is -2.41. The summed E-state index contributed by atoms with van der Waals surface area (Å²) in [7, 11) is 0. The minimum atomic E-state index is -0.189. The molecule has 7 heteroatoms. The third kappa shape index (κ3) is 3.67. The van der Waals surface area contributed by atoms with Gasteiger partial charge in [0.15, 0.2) is 0 Å². The Morgan fingerprint density at radius 1 is 1.36 bits per heavy atom. The lowest BCUT2D eigenvalue weighted by atomic mass is 10.2. The van der Waals surface area contributed by atoms with Crippen molar-refractivity contribution in [1.29, 1.82) is 0 Å². The molecule has 1 aliphatic rings. The van der Waals surface area contributed by atoms with Gasteiger partial charge < -0.3 is 15.1 Å². The van der Waals surface area contributed by atoms with Gasteiger partial charge in [-0.3, -0.25) is 10.00 Å². The zero-order valence-corrected chi connectivity index (χ0v) is 12.4.